The molecule has 1 fully saturated rings. The first kappa shape index (κ1) is 15.9. The molecule has 4 nitrogen and oxygen atoms in total. The van der Waals surface area contributed by atoms with Crippen molar-refractivity contribution in [2.24, 2.45) is 0 Å². The van der Waals surface area contributed by atoms with Crippen LogP contribution in [-0.4, -0.2) is 27.8 Å². The van der Waals surface area contributed by atoms with Crippen LogP contribution >= 0.6 is 15.9 Å². The fourth-order valence-corrected chi connectivity index (χ4v) is 2.70. The molecule has 0 bridgehead atoms. The topological polar surface area (TPSA) is 49.4 Å². The Bertz CT molecular complexity index is 614. The number of amides is 2. The van der Waals surface area contributed by atoms with Crippen molar-refractivity contribution < 1.29 is 14.0 Å². The number of carbonyl (C=O) groups excluding carboxylic acids is 2. The number of hydrogen-bond donors (Lipinski definition) is 1. The monoisotopic (exact) mass is 356 g/mol. The molecule has 1 heterocycles. The van der Waals surface area contributed by atoms with Gasteiger partial charge in [-0.05, 0) is 55.3 Å². The first-order valence-corrected chi connectivity index (χ1v) is 7.44. The Morgan fingerprint density at radius 1 is 1.24 bits per heavy atom. The molecule has 1 N–H and O–H groups in total. The molecule has 1 aliphatic heterocycles. The average Bonchev–Trinajstić information content (AvgIpc) is 2.37. The first-order chi connectivity index (χ1) is 9.57. The predicted molar refractivity (Wildman–Crippen MR) is 81.0 cm³/mol. The Labute approximate surface area is 131 Å². The molecule has 0 aliphatic carbocycles. The number of carbonyl (C=O) groups is 2. The van der Waals surface area contributed by atoms with Crippen LogP contribution in [0.5, 0.6) is 0 Å². The second-order valence-corrected chi connectivity index (χ2v) is 7.04. The smallest absolute Gasteiger partial charge is 0.248 e. The molecule has 1 saturated heterocycles. The molecule has 1 aromatic carbocycles. The third-order valence-electron chi connectivity index (χ3n) is 3.80. The summed E-state index contributed by atoms with van der Waals surface area (Å²) in [7, 11) is 0. The van der Waals surface area contributed by atoms with Crippen LogP contribution in [0.2, 0.25) is 0 Å². The summed E-state index contributed by atoms with van der Waals surface area (Å²) in [6.07, 6.45) is 0. The van der Waals surface area contributed by atoms with Gasteiger partial charge in [-0.1, -0.05) is 12.1 Å². The third-order valence-corrected chi connectivity index (χ3v) is 4.68. The van der Waals surface area contributed by atoms with E-state index in [0.29, 0.717) is 10.0 Å². The highest BCUT2D eigenvalue weighted by Crippen LogP contribution is 2.30. The van der Waals surface area contributed by atoms with Crippen molar-refractivity contribution in [3.8, 4) is 0 Å². The van der Waals surface area contributed by atoms with Crippen LogP contribution in [0, 0.1) is 5.82 Å². The Morgan fingerprint density at radius 2 is 1.86 bits per heavy atom. The van der Waals surface area contributed by atoms with E-state index < -0.39 is 16.9 Å². The van der Waals surface area contributed by atoms with Crippen molar-refractivity contribution in [2.45, 2.75) is 45.3 Å². The summed E-state index contributed by atoms with van der Waals surface area (Å²) in [4.78, 5) is 26.3. The molecule has 0 atom stereocenters. The zero-order chi connectivity index (χ0) is 16.0. The molecular formula is C15H18BrFN2O2. The molecular weight excluding hydrogens is 339 g/mol. The summed E-state index contributed by atoms with van der Waals surface area (Å²) in [5, 5.41) is 2.72. The summed E-state index contributed by atoms with van der Waals surface area (Å²) in [6.45, 7) is 6.86. The highest BCUT2D eigenvalue weighted by Gasteiger charge is 2.50. The maximum absolute atomic E-state index is 13.6. The summed E-state index contributed by atoms with van der Waals surface area (Å²) in [6, 6.07) is 4.66. The standard InChI is InChI=1S/C15H18BrFN2O2/c1-14(2)13(21)19(15(3,4)12(20)18-14)8-9-6-5-7-10(17)11(9)16/h5-7H,8H2,1-4H3,(H,18,20). The van der Waals surface area contributed by atoms with E-state index in [1.165, 1.54) is 11.0 Å². The van der Waals surface area contributed by atoms with Crippen molar-refractivity contribution in [2.75, 3.05) is 0 Å². The number of rotatable bonds is 2. The van der Waals surface area contributed by atoms with Gasteiger partial charge in [0.05, 0.1) is 4.47 Å². The Morgan fingerprint density at radius 3 is 2.48 bits per heavy atom. The highest BCUT2D eigenvalue weighted by atomic mass is 79.9. The fourth-order valence-electron chi connectivity index (χ4n) is 2.31. The number of hydrogen-bond acceptors (Lipinski definition) is 2. The molecule has 0 aromatic heterocycles. The number of piperazine rings is 1. The van der Waals surface area contributed by atoms with Gasteiger partial charge >= 0.3 is 0 Å². The van der Waals surface area contributed by atoms with Crippen LogP contribution < -0.4 is 5.32 Å². The molecule has 2 rings (SSSR count). The second-order valence-electron chi connectivity index (χ2n) is 6.24. The van der Waals surface area contributed by atoms with Gasteiger partial charge in [0.2, 0.25) is 11.8 Å². The van der Waals surface area contributed by atoms with Gasteiger partial charge in [0, 0.05) is 6.54 Å². The number of benzene rings is 1. The predicted octanol–water partition coefficient (Wildman–Crippen LogP) is 2.60. The Balaban J connectivity index is 2.42. The second kappa shape index (κ2) is 5.09. The average molecular weight is 357 g/mol. The van der Waals surface area contributed by atoms with Crippen LogP contribution in [-0.2, 0) is 16.1 Å². The SMILES string of the molecule is CC1(C)NC(=O)C(C)(C)N(Cc2cccc(F)c2Br)C1=O. The van der Waals surface area contributed by atoms with E-state index >= 15 is 0 Å². The molecule has 0 unspecified atom stereocenters. The molecule has 0 spiro atoms. The molecule has 2 amide bonds. The zero-order valence-electron chi connectivity index (χ0n) is 12.5. The lowest BCUT2D eigenvalue weighted by Gasteiger charge is -2.47. The van der Waals surface area contributed by atoms with Gasteiger partial charge in [-0.25, -0.2) is 4.39 Å². The van der Waals surface area contributed by atoms with Crippen molar-refractivity contribution >= 4 is 27.7 Å². The maximum Gasteiger partial charge on any atom is 0.248 e. The van der Waals surface area contributed by atoms with Gasteiger partial charge in [0.1, 0.15) is 16.9 Å². The van der Waals surface area contributed by atoms with E-state index in [2.05, 4.69) is 21.2 Å². The highest BCUT2D eigenvalue weighted by molar-refractivity contribution is 9.10. The van der Waals surface area contributed by atoms with E-state index in [4.69, 9.17) is 0 Å². The largest absolute Gasteiger partial charge is 0.340 e. The van der Waals surface area contributed by atoms with Crippen LogP contribution in [0.4, 0.5) is 4.39 Å². The number of nitrogens with zero attached hydrogens (tertiary/aromatic N) is 1. The van der Waals surface area contributed by atoms with Crippen molar-refractivity contribution in [3.63, 3.8) is 0 Å². The van der Waals surface area contributed by atoms with Gasteiger partial charge in [-0.15, -0.1) is 0 Å². The quantitative estimate of drug-likeness (QED) is 0.885. The van der Waals surface area contributed by atoms with E-state index in [1.54, 1.807) is 39.8 Å². The summed E-state index contributed by atoms with van der Waals surface area (Å²) < 4.78 is 13.9. The van der Waals surface area contributed by atoms with Crippen LogP contribution in [0.3, 0.4) is 0 Å². The van der Waals surface area contributed by atoms with Crippen molar-refractivity contribution in [1.82, 2.24) is 10.2 Å². The summed E-state index contributed by atoms with van der Waals surface area (Å²) >= 11 is 3.19. The van der Waals surface area contributed by atoms with E-state index in [1.807, 2.05) is 0 Å². The fraction of sp³-hybridized carbons (Fsp3) is 0.467. The first-order valence-electron chi connectivity index (χ1n) is 6.65. The lowest BCUT2D eigenvalue weighted by Crippen LogP contribution is -2.71. The number of halogens is 2. The minimum atomic E-state index is -0.988. The van der Waals surface area contributed by atoms with Crippen LogP contribution in [0.15, 0.2) is 22.7 Å². The minimum Gasteiger partial charge on any atom is -0.340 e. The lowest BCUT2D eigenvalue weighted by molar-refractivity contribution is -0.160. The Kier molecular flexibility index (Phi) is 3.86. The van der Waals surface area contributed by atoms with Gasteiger partial charge in [0.15, 0.2) is 0 Å². The zero-order valence-corrected chi connectivity index (χ0v) is 14.0. The molecule has 0 radical (unpaired) electrons. The lowest BCUT2D eigenvalue weighted by atomic mass is 9.89. The molecule has 6 heteroatoms. The maximum atomic E-state index is 13.6. The summed E-state index contributed by atoms with van der Waals surface area (Å²) in [5.74, 6) is -0.804. The number of nitrogens with one attached hydrogen (secondary N) is 1. The molecule has 21 heavy (non-hydrogen) atoms. The molecule has 1 aliphatic rings. The normalized spacial score (nSPS) is 20.4. The van der Waals surface area contributed by atoms with E-state index in [-0.39, 0.29) is 18.4 Å². The third kappa shape index (κ3) is 2.69. The van der Waals surface area contributed by atoms with Crippen molar-refractivity contribution in [3.05, 3.63) is 34.1 Å². The summed E-state index contributed by atoms with van der Waals surface area (Å²) in [5.41, 5.74) is -1.33. The van der Waals surface area contributed by atoms with Crippen LogP contribution in [0.25, 0.3) is 0 Å². The molecule has 114 valence electrons. The van der Waals surface area contributed by atoms with Crippen molar-refractivity contribution in [1.29, 1.82) is 0 Å². The van der Waals surface area contributed by atoms with Gasteiger partial charge in [-0.3, -0.25) is 9.59 Å². The van der Waals surface area contributed by atoms with E-state index in [0.717, 1.165) is 0 Å². The van der Waals surface area contributed by atoms with Gasteiger partial charge in [0.25, 0.3) is 0 Å². The molecule has 1 aromatic rings. The van der Waals surface area contributed by atoms with E-state index in [9.17, 15) is 14.0 Å². The van der Waals surface area contributed by atoms with Gasteiger partial charge in [-0.2, -0.15) is 0 Å². The molecule has 0 saturated carbocycles. The van der Waals surface area contributed by atoms with Crippen LogP contribution in [0.1, 0.15) is 33.3 Å². The van der Waals surface area contributed by atoms with Gasteiger partial charge < -0.3 is 10.2 Å². The minimum absolute atomic E-state index is 0.168. The Hall–Kier alpha value is -1.43.